The zero-order valence-corrected chi connectivity index (χ0v) is 13.3. The molecule has 0 saturated heterocycles. The van der Waals surface area contributed by atoms with Crippen LogP contribution in [0.2, 0.25) is 5.02 Å². The molecule has 0 atom stereocenters. The first-order valence-corrected chi connectivity index (χ1v) is 7.53. The highest BCUT2D eigenvalue weighted by Crippen LogP contribution is 2.15. The second-order valence-corrected chi connectivity index (χ2v) is 5.75. The molecular weight excluding hydrogens is 322 g/mol. The van der Waals surface area contributed by atoms with E-state index in [1.165, 1.54) is 18.3 Å². The molecule has 0 aliphatic carbocycles. The lowest BCUT2D eigenvalue weighted by atomic mass is 10.3. The normalized spacial score (nSPS) is 9.55. The van der Waals surface area contributed by atoms with Crippen molar-refractivity contribution in [3.8, 4) is 11.8 Å². The minimum Gasteiger partial charge on any atom is -0.436 e. The lowest BCUT2D eigenvalue weighted by Gasteiger charge is -2.04. The van der Waals surface area contributed by atoms with E-state index in [9.17, 15) is 9.59 Å². The molecule has 0 spiro atoms. The van der Waals surface area contributed by atoms with Gasteiger partial charge >= 0.3 is 6.09 Å². The van der Waals surface area contributed by atoms with Crippen LogP contribution < -0.4 is 5.32 Å². The topological polar surface area (TPSA) is 55.4 Å². The molecule has 0 aliphatic rings. The Labute approximate surface area is 137 Å². The molecule has 0 saturated carbocycles. The minimum absolute atomic E-state index is 0.0108. The molecule has 0 bridgehead atoms. The van der Waals surface area contributed by atoms with Gasteiger partial charge in [-0.1, -0.05) is 23.4 Å². The number of halogens is 1. The lowest BCUT2D eigenvalue weighted by molar-refractivity contribution is 0.102. The highest BCUT2D eigenvalue weighted by molar-refractivity contribution is 7.14. The van der Waals surface area contributed by atoms with Gasteiger partial charge in [0.25, 0.3) is 0 Å². The molecule has 1 heterocycles. The molecule has 0 unspecified atom stereocenters. The summed E-state index contributed by atoms with van der Waals surface area (Å²) >= 11 is 7.06. The number of hydrogen-bond acceptors (Lipinski definition) is 4. The molecule has 0 fully saturated rings. The number of carbonyl (C=O) groups is 2. The number of carbonyl (C=O) groups excluding carboxylic acids is 2. The van der Waals surface area contributed by atoms with Gasteiger partial charge in [0.2, 0.25) is 0 Å². The maximum atomic E-state index is 11.5. The van der Waals surface area contributed by atoms with Crippen molar-refractivity contribution in [2.24, 2.45) is 0 Å². The fourth-order valence-electron chi connectivity index (χ4n) is 1.51. The monoisotopic (exact) mass is 333 g/mol. The third-order valence-electron chi connectivity index (χ3n) is 2.53. The van der Waals surface area contributed by atoms with Crippen molar-refractivity contribution in [2.45, 2.75) is 6.92 Å². The van der Waals surface area contributed by atoms with Crippen LogP contribution in [0.4, 0.5) is 10.5 Å². The number of nitrogens with one attached hydrogen (secondary N) is 1. The molecule has 2 rings (SSSR count). The van der Waals surface area contributed by atoms with Crippen molar-refractivity contribution < 1.29 is 14.3 Å². The van der Waals surface area contributed by atoms with Gasteiger partial charge < -0.3 is 4.74 Å². The first-order valence-electron chi connectivity index (χ1n) is 6.33. The average molecular weight is 334 g/mol. The van der Waals surface area contributed by atoms with E-state index in [2.05, 4.69) is 17.2 Å². The molecule has 2 aromatic rings. The standard InChI is InChI=1S/C16H12ClNO3S/c1-11(19)15-9-8-14(22-15)3-2-10-21-16(20)18-13-6-4-12(17)5-7-13/h4-9H,10H2,1H3,(H,18,20). The number of ether oxygens (including phenoxy) is 1. The summed E-state index contributed by atoms with van der Waals surface area (Å²) in [6.07, 6.45) is -0.591. The van der Waals surface area contributed by atoms with Crippen LogP contribution in [-0.4, -0.2) is 18.5 Å². The van der Waals surface area contributed by atoms with Crippen molar-refractivity contribution in [1.29, 1.82) is 0 Å². The summed E-state index contributed by atoms with van der Waals surface area (Å²) in [5, 5.41) is 3.15. The predicted octanol–water partition coefficient (Wildman–Crippen LogP) is 4.20. The molecule has 22 heavy (non-hydrogen) atoms. The number of amides is 1. The van der Waals surface area contributed by atoms with E-state index >= 15 is 0 Å². The predicted molar refractivity (Wildman–Crippen MR) is 87.6 cm³/mol. The molecule has 112 valence electrons. The van der Waals surface area contributed by atoms with E-state index in [0.29, 0.717) is 15.6 Å². The highest BCUT2D eigenvalue weighted by atomic mass is 35.5. The second kappa shape index (κ2) is 7.64. The molecule has 1 N–H and O–H groups in total. The van der Waals surface area contributed by atoms with Gasteiger partial charge in [0.15, 0.2) is 12.4 Å². The van der Waals surface area contributed by atoms with Gasteiger partial charge in [0.1, 0.15) is 0 Å². The van der Waals surface area contributed by atoms with Crippen LogP contribution in [0.1, 0.15) is 21.5 Å². The number of thiophene rings is 1. The Hall–Kier alpha value is -2.29. The zero-order chi connectivity index (χ0) is 15.9. The van der Waals surface area contributed by atoms with Crippen molar-refractivity contribution in [3.05, 3.63) is 51.2 Å². The van der Waals surface area contributed by atoms with Crippen LogP contribution in [0.15, 0.2) is 36.4 Å². The Morgan fingerprint density at radius 1 is 1.23 bits per heavy atom. The fraction of sp³-hybridized carbons (Fsp3) is 0.125. The van der Waals surface area contributed by atoms with Crippen molar-refractivity contribution in [2.75, 3.05) is 11.9 Å². The van der Waals surface area contributed by atoms with Gasteiger partial charge in [-0.3, -0.25) is 10.1 Å². The van der Waals surface area contributed by atoms with E-state index in [1.54, 1.807) is 36.4 Å². The quantitative estimate of drug-likeness (QED) is 0.676. The summed E-state index contributed by atoms with van der Waals surface area (Å²) in [6, 6.07) is 10.2. The van der Waals surface area contributed by atoms with Crippen LogP contribution in [0, 0.1) is 11.8 Å². The molecule has 0 radical (unpaired) electrons. The van der Waals surface area contributed by atoms with Gasteiger partial charge in [-0.15, -0.1) is 11.3 Å². The Balaban J connectivity index is 1.80. The van der Waals surface area contributed by atoms with Crippen LogP contribution in [0.25, 0.3) is 0 Å². The van der Waals surface area contributed by atoms with Gasteiger partial charge in [0, 0.05) is 10.7 Å². The van der Waals surface area contributed by atoms with E-state index in [-0.39, 0.29) is 12.4 Å². The zero-order valence-electron chi connectivity index (χ0n) is 11.7. The summed E-state index contributed by atoms with van der Waals surface area (Å²) in [6.45, 7) is 1.47. The van der Waals surface area contributed by atoms with E-state index in [1.807, 2.05) is 0 Å². The summed E-state index contributed by atoms with van der Waals surface area (Å²) < 4.78 is 4.93. The number of ketones is 1. The maximum absolute atomic E-state index is 11.5. The third-order valence-corrected chi connectivity index (χ3v) is 3.88. The van der Waals surface area contributed by atoms with Crippen LogP contribution in [0.5, 0.6) is 0 Å². The largest absolute Gasteiger partial charge is 0.436 e. The Morgan fingerprint density at radius 3 is 2.59 bits per heavy atom. The molecule has 1 aromatic carbocycles. The van der Waals surface area contributed by atoms with Gasteiger partial charge in [0.05, 0.1) is 9.75 Å². The summed E-state index contributed by atoms with van der Waals surface area (Å²) in [7, 11) is 0. The number of benzene rings is 1. The number of anilines is 1. The molecule has 1 aromatic heterocycles. The average Bonchev–Trinajstić information content (AvgIpc) is 2.95. The SMILES string of the molecule is CC(=O)c1ccc(C#CCOC(=O)Nc2ccc(Cl)cc2)s1. The van der Waals surface area contributed by atoms with Crippen molar-refractivity contribution in [1.82, 2.24) is 0 Å². The highest BCUT2D eigenvalue weighted by Gasteiger charge is 2.03. The second-order valence-electron chi connectivity index (χ2n) is 4.23. The Morgan fingerprint density at radius 2 is 1.95 bits per heavy atom. The summed E-state index contributed by atoms with van der Waals surface area (Å²) in [5.74, 6) is 5.58. The molecule has 6 heteroatoms. The van der Waals surface area contributed by atoms with Crippen LogP contribution in [0.3, 0.4) is 0 Å². The lowest BCUT2D eigenvalue weighted by Crippen LogP contribution is -2.13. The summed E-state index contributed by atoms with van der Waals surface area (Å²) in [5.41, 5.74) is 0.590. The minimum atomic E-state index is -0.591. The van der Waals surface area contributed by atoms with Crippen molar-refractivity contribution >= 4 is 40.5 Å². The first-order chi connectivity index (χ1) is 10.5. The number of Topliss-reactive ketones (excluding diaryl/α,β-unsaturated/α-hetero) is 1. The molecule has 1 amide bonds. The third kappa shape index (κ3) is 4.92. The number of rotatable bonds is 3. The Kier molecular flexibility index (Phi) is 5.59. The summed E-state index contributed by atoms with van der Waals surface area (Å²) in [4.78, 5) is 24.1. The van der Waals surface area contributed by atoms with Gasteiger partial charge in [-0.25, -0.2) is 4.79 Å². The first kappa shape index (κ1) is 16.1. The molecule has 4 nitrogen and oxygen atoms in total. The molecular formula is C16H12ClNO3S. The molecule has 0 aliphatic heterocycles. The van der Waals surface area contributed by atoms with Crippen molar-refractivity contribution in [3.63, 3.8) is 0 Å². The maximum Gasteiger partial charge on any atom is 0.412 e. The van der Waals surface area contributed by atoms with E-state index in [0.717, 1.165) is 4.88 Å². The fourth-order valence-corrected chi connectivity index (χ4v) is 2.41. The van der Waals surface area contributed by atoms with Crippen LogP contribution in [-0.2, 0) is 4.74 Å². The van der Waals surface area contributed by atoms with E-state index < -0.39 is 6.09 Å². The van der Waals surface area contributed by atoms with Crippen LogP contribution >= 0.6 is 22.9 Å². The van der Waals surface area contributed by atoms with Gasteiger partial charge in [-0.2, -0.15) is 0 Å². The number of hydrogen-bond donors (Lipinski definition) is 1. The Bertz CT molecular complexity index is 741. The van der Waals surface area contributed by atoms with Gasteiger partial charge in [-0.05, 0) is 43.3 Å². The van der Waals surface area contributed by atoms with E-state index in [4.69, 9.17) is 16.3 Å². The smallest absolute Gasteiger partial charge is 0.412 e.